The SMILES string of the molecule is CNC(=O)Cc1ccc(NC(=O)c2sc3cccc(F)c3c2C)cc1. The van der Waals surface area contributed by atoms with Crippen LogP contribution in [0.3, 0.4) is 0 Å². The van der Waals surface area contributed by atoms with Gasteiger partial charge in [-0.25, -0.2) is 4.39 Å². The minimum Gasteiger partial charge on any atom is -0.359 e. The molecule has 2 N–H and O–H groups in total. The molecule has 0 unspecified atom stereocenters. The quantitative estimate of drug-likeness (QED) is 0.745. The predicted octanol–water partition coefficient (Wildman–Crippen LogP) is 3.89. The van der Waals surface area contributed by atoms with E-state index in [0.717, 1.165) is 10.3 Å². The van der Waals surface area contributed by atoms with Gasteiger partial charge in [0.1, 0.15) is 5.82 Å². The summed E-state index contributed by atoms with van der Waals surface area (Å²) in [6.07, 6.45) is 0.291. The Kier molecular flexibility index (Phi) is 4.81. The Morgan fingerprint density at radius 1 is 1.12 bits per heavy atom. The number of likely N-dealkylation sites (N-methyl/N-ethyl adjacent to an activating group) is 1. The molecule has 25 heavy (non-hydrogen) atoms. The molecule has 2 amide bonds. The van der Waals surface area contributed by atoms with Crippen LogP contribution in [0.2, 0.25) is 0 Å². The molecule has 0 saturated carbocycles. The summed E-state index contributed by atoms with van der Waals surface area (Å²) in [5, 5.41) is 5.89. The second-order valence-electron chi connectivity index (χ2n) is 5.67. The maximum atomic E-state index is 14.0. The van der Waals surface area contributed by atoms with Gasteiger partial charge in [-0.1, -0.05) is 18.2 Å². The number of carbonyl (C=O) groups is 2. The molecule has 0 saturated heterocycles. The number of anilines is 1. The molecular formula is C19H17FN2O2S. The second-order valence-corrected chi connectivity index (χ2v) is 6.72. The van der Waals surface area contributed by atoms with Crippen molar-refractivity contribution in [3.05, 3.63) is 64.3 Å². The Morgan fingerprint density at radius 2 is 1.84 bits per heavy atom. The zero-order chi connectivity index (χ0) is 18.0. The number of hydrogen-bond donors (Lipinski definition) is 2. The number of rotatable bonds is 4. The summed E-state index contributed by atoms with van der Waals surface area (Å²) in [6.45, 7) is 1.75. The van der Waals surface area contributed by atoms with E-state index in [1.165, 1.54) is 17.4 Å². The van der Waals surface area contributed by atoms with Crippen LogP contribution in [0.1, 0.15) is 20.8 Å². The van der Waals surface area contributed by atoms with Crippen LogP contribution in [0.4, 0.5) is 10.1 Å². The molecule has 0 bridgehead atoms. The third-order valence-electron chi connectivity index (χ3n) is 3.96. The molecule has 3 aromatic rings. The first-order valence-corrected chi connectivity index (χ1v) is 8.59. The molecule has 2 aromatic carbocycles. The van der Waals surface area contributed by atoms with Gasteiger partial charge in [-0.05, 0) is 42.3 Å². The van der Waals surface area contributed by atoms with E-state index in [2.05, 4.69) is 10.6 Å². The summed E-state index contributed by atoms with van der Waals surface area (Å²) < 4.78 is 14.7. The van der Waals surface area contributed by atoms with Gasteiger partial charge < -0.3 is 10.6 Å². The summed E-state index contributed by atoms with van der Waals surface area (Å²) in [6, 6.07) is 11.9. The van der Waals surface area contributed by atoms with Crippen LogP contribution in [0.25, 0.3) is 10.1 Å². The van der Waals surface area contributed by atoms with Crippen LogP contribution >= 0.6 is 11.3 Å². The van der Waals surface area contributed by atoms with E-state index in [4.69, 9.17) is 0 Å². The van der Waals surface area contributed by atoms with Crippen LogP contribution in [0.5, 0.6) is 0 Å². The van der Waals surface area contributed by atoms with Crippen molar-refractivity contribution in [3.8, 4) is 0 Å². The highest BCUT2D eigenvalue weighted by Gasteiger charge is 2.17. The molecule has 0 fully saturated rings. The average molecular weight is 356 g/mol. The van der Waals surface area contributed by atoms with Crippen LogP contribution < -0.4 is 10.6 Å². The minimum absolute atomic E-state index is 0.0697. The highest BCUT2D eigenvalue weighted by molar-refractivity contribution is 7.21. The Bertz CT molecular complexity index is 948. The number of aryl methyl sites for hydroxylation is 1. The topological polar surface area (TPSA) is 58.2 Å². The lowest BCUT2D eigenvalue weighted by molar-refractivity contribution is -0.119. The first kappa shape index (κ1) is 17.1. The summed E-state index contributed by atoms with van der Waals surface area (Å²) in [5.41, 5.74) is 2.13. The van der Waals surface area contributed by atoms with Gasteiger partial charge >= 0.3 is 0 Å². The van der Waals surface area contributed by atoms with Gasteiger partial charge in [0.15, 0.2) is 0 Å². The summed E-state index contributed by atoms with van der Waals surface area (Å²) in [4.78, 5) is 24.4. The molecule has 1 aromatic heterocycles. The van der Waals surface area contributed by atoms with Crippen LogP contribution in [0, 0.1) is 12.7 Å². The molecule has 6 heteroatoms. The van der Waals surface area contributed by atoms with Gasteiger partial charge in [-0.15, -0.1) is 11.3 Å². The molecule has 0 aliphatic heterocycles. The number of nitrogens with one attached hydrogen (secondary N) is 2. The number of halogens is 1. The van der Waals surface area contributed by atoms with E-state index in [0.29, 0.717) is 27.9 Å². The molecule has 0 spiro atoms. The Morgan fingerprint density at radius 3 is 2.48 bits per heavy atom. The van der Waals surface area contributed by atoms with E-state index >= 15 is 0 Å². The average Bonchev–Trinajstić information content (AvgIpc) is 2.95. The van der Waals surface area contributed by atoms with Crippen molar-refractivity contribution in [2.75, 3.05) is 12.4 Å². The minimum atomic E-state index is -0.316. The number of hydrogen-bond acceptors (Lipinski definition) is 3. The molecule has 128 valence electrons. The third kappa shape index (κ3) is 3.53. The number of amides is 2. The molecular weight excluding hydrogens is 339 g/mol. The first-order chi connectivity index (χ1) is 12.0. The summed E-state index contributed by atoms with van der Waals surface area (Å²) in [5.74, 6) is -0.652. The van der Waals surface area contributed by atoms with Gasteiger partial charge in [-0.3, -0.25) is 9.59 Å². The van der Waals surface area contributed by atoms with E-state index in [-0.39, 0.29) is 17.6 Å². The van der Waals surface area contributed by atoms with Crippen molar-refractivity contribution in [2.45, 2.75) is 13.3 Å². The zero-order valence-electron chi connectivity index (χ0n) is 13.9. The Labute approximate surface area is 148 Å². The maximum Gasteiger partial charge on any atom is 0.266 e. The van der Waals surface area contributed by atoms with E-state index < -0.39 is 0 Å². The number of benzene rings is 2. The van der Waals surface area contributed by atoms with E-state index in [1.807, 2.05) is 0 Å². The van der Waals surface area contributed by atoms with Crippen molar-refractivity contribution in [1.82, 2.24) is 5.32 Å². The smallest absolute Gasteiger partial charge is 0.266 e. The number of thiophene rings is 1. The van der Waals surface area contributed by atoms with Gasteiger partial charge in [0.25, 0.3) is 5.91 Å². The Hall–Kier alpha value is -2.73. The lowest BCUT2D eigenvalue weighted by Gasteiger charge is -2.06. The fourth-order valence-corrected chi connectivity index (χ4v) is 3.76. The molecule has 3 rings (SSSR count). The van der Waals surface area contributed by atoms with Gasteiger partial charge in [0, 0.05) is 22.8 Å². The van der Waals surface area contributed by atoms with Gasteiger partial charge in [0.05, 0.1) is 11.3 Å². The van der Waals surface area contributed by atoms with Crippen LogP contribution in [0.15, 0.2) is 42.5 Å². The summed E-state index contributed by atoms with van der Waals surface area (Å²) in [7, 11) is 1.59. The maximum absolute atomic E-state index is 14.0. The summed E-state index contributed by atoms with van der Waals surface area (Å²) >= 11 is 1.27. The molecule has 4 nitrogen and oxygen atoms in total. The Balaban J connectivity index is 1.80. The van der Waals surface area contributed by atoms with Gasteiger partial charge in [0.2, 0.25) is 5.91 Å². The lowest BCUT2D eigenvalue weighted by atomic mass is 10.1. The van der Waals surface area contributed by atoms with Crippen molar-refractivity contribution >= 4 is 38.9 Å². The normalized spacial score (nSPS) is 10.7. The van der Waals surface area contributed by atoms with Gasteiger partial charge in [-0.2, -0.15) is 0 Å². The standard InChI is InChI=1S/C19H17FN2O2S/c1-11-17-14(20)4-3-5-15(17)25-18(11)19(24)22-13-8-6-12(7-9-13)10-16(23)21-2/h3-9H,10H2,1-2H3,(H,21,23)(H,22,24). The molecule has 0 radical (unpaired) electrons. The molecule has 0 aliphatic carbocycles. The molecule has 0 atom stereocenters. The first-order valence-electron chi connectivity index (χ1n) is 7.78. The fourth-order valence-electron chi connectivity index (χ4n) is 2.64. The van der Waals surface area contributed by atoms with E-state index in [9.17, 15) is 14.0 Å². The molecule has 1 heterocycles. The highest BCUT2D eigenvalue weighted by Crippen LogP contribution is 2.33. The third-order valence-corrected chi connectivity index (χ3v) is 5.22. The van der Waals surface area contributed by atoms with Crippen molar-refractivity contribution in [1.29, 1.82) is 0 Å². The number of carbonyl (C=O) groups excluding carboxylic acids is 2. The van der Waals surface area contributed by atoms with E-state index in [1.54, 1.807) is 50.4 Å². The lowest BCUT2D eigenvalue weighted by Crippen LogP contribution is -2.19. The zero-order valence-corrected chi connectivity index (χ0v) is 14.7. The van der Waals surface area contributed by atoms with Crippen molar-refractivity contribution in [2.24, 2.45) is 0 Å². The van der Waals surface area contributed by atoms with Crippen molar-refractivity contribution in [3.63, 3.8) is 0 Å². The monoisotopic (exact) mass is 356 g/mol. The predicted molar refractivity (Wildman–Crippen MR) is 98.7 cm³/mol. The van der Waals surface area contributed by atoms with Crippen LogP contribution in [-0.4, -0.2) is 18.9 Å². The number of fused-ring (bicyclic) bond motifs is 1. The van der Waals surface area contributed by atoms with Crippen molar-refractivity contribution < 1.29 is 14.0 Å². The van der Waals surface area contributed by atoms with Crippen LogP contribution in [-0.2, 0) is 11.2 Å². The second kappa shape index (κ2) is 7.03. The fraction of sp³-hybridized carbons (Fsp3) is 0.158. The largest absolute Gasteiger partial charge is 0.359 e. The highest BCUT2D eigenvalue weighted by atomic mass is 32.1. The molecule has 0 aliphatic rings.